The third-order valence-electron chi connectivity index (χ3n) is 5.44. The Kier molecular flexibility index (Phi) is 5.46. The Hall–Kier alpha value is -4.24. The normalized spacial score (nSPS) is 10.8. The molecule has 5 aromatic rings. The molecule has 0 unspecified atom stereocenters. The van der Waals surface area contributed by atoms with Crippen LogP contribution in [0.2, 0.25) is 0 Å². The van der Waals surface area contributed by atoms with Crippen LogP contribution in [0.3, 0.4) is 0 Å². The SMILES string of the molecule is Oc1ccccc1-c1cc(Cc2ccccc2)cc(-c2cccc(-c3ccccn3)c2)n1. The van der Waals surface area contributed by atoms with Crippen LogP contribution in [0.4, 0.5) is 0 Å². The average molecular weight is 415 g/mol. The van der Waals surface area contributed by atoms with Crippen LogP contribution in [0.25, 0.3) is 33.8 Å². The van der Waals surface area contributed by atoms with Gasteiger partial charge in [-0.15, -0.1) is 0 Å². The second-order valence-electron chi connectivity index (χ2n) is 7.72. The minimum absolute atomic E-state index is 0.227. The number of para-hydroxylation sites is 1. The van der Waals surface area contributed by atoms with Gasteiger partial charge in [0.2, 0.25) is 0 Å². The Labute approximate surface area is 187 Å². The molecular weight excluding hydrogens is 392 g/mol. The van der Waals surface area contributed by atoms with Gasteiger partial charge >= 0.3 is 0 Å². The summed E-state index contributed by atoms with van der Waals surface area (Å²) in [4.78, 5) is 9.41. The molecule has 0 amide bonds. The van der Waals surface area contributed by atoms with E-state index in [1.807, 2.05) is 48.5 Å². The first-order chi connectivity index (χ1) is 15.8. The van der Waals surface area contributed by atoms with Crippen molar-refractivity contribution in [3.63, 3.8) is 0 Å². The quantitative estimate of drug-likeness (QED) is 0.345. The molecule has 1 N–H and O–H groups in total. The molecular formula is C29H22N2O. The topological polar surface area (TPSA) is 46.0 Å². The fraction of sp³-hybridized carbons (Fsp3) is 0.0345. The zero-order valence-corrected chi connectivity index (χ0v) is 17.5. The van der Waals surface area contributed by atoms with Crippen molar-refractivity contribution < 1.29 is 5.11 Å². The molecule has 5 rings (SSSR count). The van der Waals surface area contributed by atoms with E-state index in [0.717, 1.165) is 45.8 Å². The van der Waals surface area contributed by atoms with E-state index in [2.05, 4.69) is 59.6 Å². The van der Waals surface area contributed by atoms with Crippen LogP contribution in [0, 0.1) is 0 Å². The van der Waals surface area contributed by atoms with Crippen molar-refractivity contribution in [2.45, 2.75) is 6.42 Å². The number of hydrogen-bond acceptors (Lipinski definition) is 3. The summed E-state index contributed by atoms with van der Waals surface area (Å²) in [6.45, 7) is 0. The predicted molar refractivity (Wildman–Crippen MR) is 129 cm³/mol. The largest absolute Gasteiger partial charge is 0.507 e. The van der Waals surface area contributed by atoms with Crippen molar-refractivity contribution in [1.82, 2.24) is 9.97 Å². The van der Waals surface area contributed by atoms with E-state index >= 15 is 0 Å². The van der Waals surface area contributed by atoms with E-state index in [9.17, 15) is 5.11 Å². The molecule has 0 bridgehead atoms. The number of aromatic nitrogens is 2. The first-order valence-electron chi connectivity index (χ1n) is 10.6. The summed E-state index contributed by atoms with van der Waals surface area (Å²) in [5.74, 6) is 0.227. The van der Waals surface area contributed by atoms with Crippen molar-refractivity contribution in [3.8, 4) is 39.5 Å². The average Bonchev–Trinajstić information content (AvgIpc) is 2.85. The fourth-order valence-electron chi connectivity index (χ4n) is 3.87. The number of benzene rings is 3. The van der Waals surface area contributed by atoms with Gasteiger partial charge in [-0.25, -0.2) is 4.98 Å². The summed E-state index contributed by atoms with van der Waals surface area (Å²) in [6, 6.07) is 36.1. The number of hydrogen-bond donors (Lipinski definition) is 1. The van der Waals surface area contributed by atoms with E-state index < -0.39 is 0 Å². The molecule has 0 radical (unpaired) electrons. The summed E-state index contributed by atoms with van der Waals surface area (Å²) in [5, 5.41) is 10.5. The van der Waals surface area contributed by atoms with Crippen molar-refractivity contribution in [2.75, 3.05) is 0 Å². The Morgan fingerprint density at radius 3 is 2.06 bits per heavy atom. The first-order valence-corrected chi connectivity index (χ1v) is 10.6. The summed E-state index contributed by atoms with van der Waals surface area (Å²) in [5.41, 5.74) is 7.71. The molecule has 32 heavy (non-hydrogen) atoms. The smallest absolute Gasteiger partial charge is 0.124 e. The summed E-state index contributed by atoms with van der Waals surface area (Å²) in [6.07, 6.45) is 2.59. The number of nitrogens with zero attached hydrogens (tertiary/aromatic N) is 2. The standard InChI is InChI=1S/C29H22N2O/c32-29-15-5-4-13-25(29)28-19-22(17-21-9-2-1-3-10-21)18-27(31-28)24-12-8-11-23(20-24)26-14-6-7-16-30-26/h1-16,18-20,32H,17H2. The monoisotopic (exact) mass is 414 g/mol. The first kappa shape index (κ1) is 19.7. The van der Waals surface area contributed by atoms with Gasteiger partial charge in [0.1, 0.15) is 5.75 Å². The highest BCUT2D eigenvalue weighted by Gasteiger charge is 2.11. The molecule has 154 valence electrons. The highest BCUT2D eigenvalue weighted by atomic mass is 16.3. The molecule has 0 aliphatic heterocycles. The summed E-state index contributed by atoms with van der Waals surface area (Å²) in [7, 11) is 0. The lowest BCUT2D eigenvalue weighted by molar-refractivity contribution is 0.477. The molecule has 2 heterocycles. The molecule has 3 aromatic carbocycles. The van der Waals surface area contributed by atoms with Gasteiger partial charge in [0.05, 0.1) is 17.1 Å². The Morgan fingerprint density at radius 1 is 0.562 bits per heavy atom. The third-order valence-corrected chi connectivity index (χ3v) is 5.44. The minimum Gasteiger partial charge on any atom is -0.507 e. The molecule has 2 aromatic heterocycles. The molecule has 0 aliphatic rings. The predicted octanol–water partition coefficient (Wildman–Crippen LogP) is 6.77. The maximum Gasteiger partial charge on any atom is 0.124 e. The minimum atomic E-state index is 0.227. The third kappa shape index (κ3) is 4.28. The van der Waals surface area contributed by atoms with Crippen LogP contribution in [0.5, 0.6) is 5.75 Å². The molecule has 0 spiro atoms. The molecule has 0 saturated carbocycles. The number of aromatic hydroxyl groups is 1. The van der Waals surface area contributed by atoms with Crippen LogP contribution in [0.1, 0.15) is 11.1 Å². The fourth-order valence-corrected chi connectivity index (χ4v) is 3.87. The van der Waals surface area contributed by atoms with Gasteiger partial charge in [-0.3, -0.25) is 4.98 Å². The maximum absolute atomic E-state index is 10.5. The molecule has 0 aliphatic carbocycles. The van der Waals surface area contributed by atoms with Crippen LogP contribution in [-0.4, -0.2) is 15.1 Å². The number of pyridine rings is 2. The van der Waals surface area contributed by atoms with Gasteiger partial charge in [0.15, 0.2) is 0 Å². The second-order valence-corrected chi connectivity index (χ2v) is 7.72. The van der Waals surface area contributed by atoms with E-state index in [0.29, 0.717) is 0 Å². The zero-order valence-electron chi connectivity index (χ0n) is 17.5. The van der Waals surface area contributed by atoms with Gasteiger partial charge < -0.3 is 5.11 Å². The summed E-state index contributed by atoms with van der Waals surface area (Å²) < 4.78 is 0. The molecule has 0 fully saturated rings. The van der Waals surface area contributed by atoms with Gasteiger partial charge in [-0.05, 0) is 60.0 Å². The van der Waals surface area contributed by atoms with Crippen LogP contribution >= 0.6 is 0 Å². The molecule has 3 heteroatoms. The number of phenols is 1. The lowest BCUT2D eigenvalue weighted by Crippen LogP contribution is -1.95. The lowest BCUT2D eigenvalue weighted by atomic mass is 9.98. The van der Waals surface area contributed by atoms with Crippen LogP contribution in [-0.2, 0) is 6.42 Å². The summed E-state index contributed by atoms with van der Waals surface area (Å²) >= 11 is 0. The van der Waals surface area contributed by atoms with Gasteiger partial charge in [-0.2, -0.15) is 0 Å². The van der Waals surface area contributed by atoms with Gasteiger partial charge in [0, 0.05) is 22.9 Å². The van der Waals surface area contributed by atoms with Crippen LogP contribution < -0.4 is 0 Å². The van der Waals surface area contributed by atoms with Crippen LogP contribution in [0.15, 0.2) is 115 Å². The molecule has 0 saturated heterocycles. The van der Waals surface area contributed by atoms with E-state index in [1.54, 1.807) is 12.3 Å². The second kappa shape index (κ2) is 8.86. The number of phenolic OH excluding ortho intramolecular Hbond substituents is 1. The zero-order chi connectivity index (χ0) is 21.8. The Morgan fingerprint density at radius 2 is 1.28 bits per heavy atom. The van der Waals surface area contributed by atoms with E-state index in [4.69, 9.17) is 4.98 Å². The highest BCUT2D eigenvalue weighted by Crippen LogP contribution is 2.32. The Balaban J connectivity index is 1.62. The van der Waals surface area contributed by atoms with E-state index in [1.165, 1.54) is 5.56 Å². The van der Waals surface area contributed by atoms with Crippen molar-refractivity contribution in [3.05, 3.63) is 127 Å². The lowest BCUT2D eigenvalue weighted by Gasteiger charge is -2.12. The van der Waals surface area contributed by atoms with Crippen molar-refractivity contribution in [1.29, 1.82) is 0 Å². The van der Waals surface area contributed by atoms with E-state index in [-0.39, 0.29) is 5.75 Å². The maximum atomic E-state index is 10.5. The van der Waals surface area contributed by atoms with Crippen molar-refractivity contribution >= 4 is 0 Å². The highest BCUT2D eigenvalue weighted by molar-refractivity contribution is 5.74. The molecule has 3 nitrogen and oxygen atoms in total. The van der Waals surface area contributed by atoms with Gasteiger partial charge in [0.25, 0.3) is 0 Å². The van der Waals surface area contributed by atoms with Gasteiger partial charge in [-0.1, -0.05) is 66.7 Å². The van der Waals surface area contributed by atoms with Crippen molar-refractivity contribution in [2.24, 2.45) is 0 Å². The Bertz CT molecular complexity index is 1350. The molecule has 0 atom stereocenters. The number of rotatable bonds is 5.